The highest BCUT2D eigenvalue weighted by molar-refractivity contribution is 5.97. The van der Waals surface area contributed by atoms with Crippen molar-refractivity contribution in [1.29, 1.82) is 0 Å². The molecule has 1 fully saturated rings. The molecule has 32 heavy (non-hydrogen) atoms. The van der Waals surface area contributed by atoms with Crippen molar-refractivity contribution < 1.29 is 14.3 Å². The van der Waals surface area contributed by atoms with E-state index in [4.69, 9.17) is 4.74 Å². The number of likely N-dealkylation sites (N-methyl/N-ethyl adjacent to an activating group) is 1. The first-order chi connectivity index (χ1) is 15.4. The summed E-state index contributed by atoms with van der Waals surface area (Å²) < 4.78 is 5.61. The maximum Gasteiger partial charge on any atom is 0.257 e. The standard InChI is InChI=1S/C25H34N4O3/c1-5-32-23-9-7-6-8-22(23)25(31)29-16-14-28(15-17-29)19-24(30)27(4)18-20-10-12-21(13-11-20)26(2)3/h6-13H,5,14-19H2,1-4H3. The van der Waals surface area contributed by atoms with Crippen LogP contribution in [0.3, 0.4) is 0 Å². The zero-order valence-corrected chi connectivity index (χ0v) is 19.6. The molecule has 0 aliphatic carbocycles. The number of hydrogen-bond donors (Lipinski definition) is 0. The minimum Gasteiger partial charge on any atom is -0.493 e. The van der Waals surface area contributed by atoms with E-state index in [1.165, 1.54) is 0 Å². The van der Waals surface area contributed by atoms with Gasteiger partial charge in [0.1, 0.15) is 5.75 Å². The molecule has 0 atom stereocenters. The van der Waals surface area contributed by atoms with Gasteiger partial charge < -0.3 is 19.4 Å². The van der Waals surface area contributed by atoms with Gasteiger partial charge in [-0.05, 0) is 36.8 Å². The molecular weight excluding hydrogens is 404 g/mol. The van der Waals surface area contributed by atoms with Gasteiger partial charge in [-0.2, -0.15) is 0 Å². The van der Waals surface area contributed by atoms with Gasteiger partial charge in [-0.1, -0.05) is 24.3 Å². The fourth-order valence-electron chi connectivity index (χ4n) is 3.78. The fraction of sp³-hybridized carbons (Fsp3) is 0.440. The number of carbonyl (C=O) groups is 2. The van der Waals surface area contributed by atoms with E-state index in [-0.39, 0.29) is 11.8 Å². The number of carbonyl (C=O) groups excluding carboxylic acids is 2. The van der Waals surface area contributed by atoms with E-state index in [1.807, 2.05) is 57.2 Å². The van der Waals surface area contributed by atoms with E-state index in [9.17, 15) is 9.59 Å². The average Bonchev–Trinajstić information content (AvgIpc) is 2.80. The lowest BCUT2D eigenvalue weighted by molar-refractivity contribution is -0.132. The molecule has 1 aliphatic heterocycles. The number of ether oxygens (including phenoxy) is 1. The molecule has 2 aromatic rings. The third kappa shape index (κ3) is 6.01. The number of hydrogen-bond acceptors (Lipinski definition) is 5. The summed E-state index contributed by atoms with van der Waals surface area (Å²) in [4.78, 5) is 33.5. The van der Waals surface area contributed by atoms with Crippen molar-refractivity contribution in [2.24, 2.45) is 0 Å². The van der Waals surface area contributed by atoms with E-state index in [2.05, 4.69) is 34.1 Å². The molecule has 0 bridgehead atoms. The largest absolute Gasteiger partial charge is 0.493 e. The van der Waals surface area contributed by atoms with Crippen molar-refractivity contribution in [3.8, 4) is 5.75 Å². The van der Waals surface area contributed by atoms with Crippen LogP contribution in [0, 0.1) is 0 Å². The van der Waals surface area contributed by atoms with Crippen LogP contribution in [-0.4, -0.2) is 87.0 Å². The monoisotopic (exact) mass is 438 g/mol. The number of nitrogens with zero attached hydrogens (tertiary/aromatic N) is 4. The van der Waals surface area contributed by atoms with Crippen molar-refractivity contribution in [2.75, 3.05) is 65.4 Å². The Morgan fingerprint density at radius 3 is 2.22 bits per heavy atom. The second kappa shape index (κ2) is 11.0. The van der Waals surface area contributed by atoms with E-state index in [1.54, 1.807) is 4.90 Å². The summed E-state index contributed by atoms with van der Waals surface area (Å²) >= 11 is 0. The van der Waals surface area contributed by atoms with Crippen molar-refractivity contribution in [3.05, 3.63) is 59.7 Å². The summed E-state index contributed by atoms with van der Waals surface area (Å²) in [5.74, 6) is 0.694. The van der Waals surface area contributed by atoms with Crippen LogP contribution < -0.4 is 9.64 Å². The first-order valence-electron chi connectivity index (χ1n) is 11.1. The molecule has 0 aromatic heterocycles. The molecule has 0 radical (unpaired) electrons. The summed E-state index contributed by atoms with van der Waals surface area (Å²) in [6, 6.07) is 15.6. The molecule has 2 amide bonds. The Hall–Kier alpha value is -3.06. The van der Waals surface area contributed by atoms with Gasteiger partial charge in [0, 0.05) is 59.6 Å². The number of anilines is 1. The first kappa shape index (κ1) is 23.6. The van der Waals surface area contributed by atoms with Crippen LogP contribution in [-0.2, 0) is 11.3 Å². The molecular formula is C25H34N4O3. The molecule has 1 heterocycles. The Morgan fingerprint density at radius 1 is 0.938 bits per heavy atom. The number of piperazine rings is 1. The molecule has 172 valence electrons. The molecule has 3 rings (SSSR count). The summed E-state index contributed by atoms with van der Waals surface area (Å²) in [5, 5.41) is 0. The highest BCUT2D eigenvalue weighted by Crippen LogP contribution is 2.21. The smallest absolute Gasteiger partial charge is 0.257 e. The van der Waals surface area contributed by atoms with E-state index >= 15 is 0 Å². The molecule has 0 unspecified atom stereocenters. The van der Waals surface area contributed by atoms with Crippen LogP contribution in [0.2, 0.25) is 0 Å². The number of amides is 2. The SMILES string of the molecule is CCOc1ccccc1C(=O)N1CCN(CC(=O)N(C)Cc2ccc(N(C)C)cc2)CC1. The van der Waals surface area contributed by atoms with Crippen LogP contribution in [0.4, 0.5) is 5.69 Å². The third-order valence-corrected chi connectivity index (χ3v) is 5.73. The van der Waals surface area contributed by atoms with Gasteiger partial charge in [-0.3, -0.25) is 14.5 Å². The predicted molar refractivity (Wildman–Crippen MR) is 127 cm³/mol. The Balaban J connectivity index is 1.49. The van der Waals surface area contributed by atoms with Gasteiger partial charge in [0.05, 0.1) is 18.7 Å². The molecule has 0 spiro atoms. The van der Waals surface area contributed by atoms with Gasteiger partial charge in [-0.25, -0.2) is 0 Å². The van der Waals surface area contributed by atoms with Crippen molar-refractivity contribution >= 4 is 17.5 Å². The lowest BCUT2D eigenvalue weighted by atomic mass is 10.1. The second-order valence-corrected chi connectivity index (χ2v) is 8.31. The number of para-hydroxylation sites is 1. The minimum atomic E-state index is -0.0154. The lowest BCUT2D eigenvalue weighted by Crippen LogP contribution is -2.51. The maximum atomic E-state index is 13.0. The number of rotatable bonds is 8. The highest BCUT2D eigenvalue weighted by atomic mass is 16.5. The molecule has 2 aromatic carbocycles. The van der Waals surface area contributed by atoms with Crippen LogP contribution in [0.15, 0.2) is 48.5 Å². The number of benzene rings is 2. The Kier molecular flexibility index (Phi) is 8.11. The summed E-state index contributed by atoms with van der Waals surface area (Å²) in [6.45, 7) is 5.94. The van der Waals surface area contributed by atoms with Crippen molar-refractivity contribution in [1.82, 2.24) is 14.7 Å². The third-order valence-electron chi connectivity index (χ3n) is 5.73. The zero-order chi connectivity index (χ0) is 23.1. The second-order valence-electron chi connectivity index (χ2n) is 8.31. The molecule has 7 heteroatoms. The topological polar surface area (TPSA) is 56.3 Å². The first-order valence-corrected chi connectivity index (χ1v) is 11.1. The van der Waals surface area contributed by atoms with Gasteiger partial charge in [0.15, 0.2) is 0 Å². The van der Waals surface area contributed by atoms with E-state index in [0.717, 1.165) is 11.3 Å². The molecule has 1 saturated heterocycles. The summed E-state index contributed by atoms with van der Waals surface area (Å²) in [7, 11) is 5.86. The zero-order valence-electron chi connectivity index (χ0n) is 19.6. The van der Waals surface area contributed by atoms with Gasteiger partial charge in [0.25, 0.3) is 5.91 Å². The molecule has 0 N–H and O–H groups in total. The minimum absolute atomic E-state index is 0.0154. The molecule has 7 nitrogen and oxygen atoms in total. The fourth-order valence-corrected chi connectivity index (χ4v) is 3.78. The van der Waals surface area contributed by atoms with Crippen molar-refractivity contribution in [3.63, 3.8) is 0 Å². The van der Waals surface area contributed by atoms with E-state index in [0.29, 0.717) is 57.2 Å². The summed E-state index contributed by atoms with van der Waals surface area (Å²) in [6.07, 6.45) is 0. The lowest BCUT2D eigenvalue weighted by Gasteiger charge is -2.35. The maximum absolute atomic E-state index is 13.0. The van der Waals surface area contributed by atoms with Crippen LogP contribution in [0.5, 0.6) is 5.75 Å². The normalized spacial score (nSPS) is 14.2. The predicted octanol–water partition coefficient (Wildman–Crippen LogP) is 2.57. The Labute approximate surface area is 191 Å². The van der Waals surface area contributed by atoms with E-state index < -0.39 is 0 Å². The molecule has 0 saturated carbocycles. The van der Waals surface area contributed by atoms with Crippen LogP contribution >= 0.6 is 0 Å². The van der Waals surface area contributed by atoms with Crippen molar-refractivity contribution in [2.45, 2.75) is 13.5 Å². The van der Waals surface area contributed by atoms with Gasteiger partial charge in [0.2, 0.25) is 5.91 Å². The molecule has 1 aliphatic rings. The average molecular weight is 439 g/mol. The van der Waals surface area contributed by atoms with Gasteiger partial charge >= 0.3 is 0 Å². The van der Waals surface area contributed by atoms with Crippen LogP contribution in [0.1, 0.15) is 22.8 Å². The van der Waals surface area contributed by atoms with Crippen LogP contribution in [0.25, 0.3) is 0 Å². The highest BCUT2D eigenvalue weighted by Gasteiger charge is 2.25. The Bertz CT molecular complexity index is 906. The van der Waals surface area contributed by atoms with Gasteiger partial charge in [-0.15, -0.1) is 0 Å². The summed E-state index contributed by atoms with van der Waals surface area (Å²) in [5.41, 5.74) is 2.84. The Morgan fingerprint density at radius 2 is 1.59 bits per heavy atom. The quantitative estimate of drug-likeness (QED) is 0.634.